The van der Waals surface area contributed by atoms with Crippen molar-refractivity contribution in [1.29, 1.82) is 0 Å². The molecule has 4 nitrogen and oxygen atoms in total. The first kappa shape index (κ1) is 14.9. The number of nitrogens with two attached hydrogens (primary N) is 1. The van der Waals surface area contributed by atoms with Crippen molar-refractivity contribution < 1.29 is 9.94 Å². The van der Waals surface area contributed by atoms with Crippen molar-refractivity contribution in [2.45, 2.75) is 26.2 Å². The Morgan fingerprint density at radius 2 is 1.86 bits per heavy atom. The molecule has 2 rings (SSSR count). The molecule has 2 aromatic carbocycles. The second kappa shape index (κ2) is 6.79. The van der Waals surface area contributed by atoms with Gasteiger partial charge in [-0.2, -0.15) is 0 Å². The third-order valence-corrected chi connectivity index (χ3v) is 3.56. The van der Waals surface area contributed by atoms with E-state index in [0.29, 0.717) is 17.2 Å². The number of para-hydroxylation sites is 1. The van der Waals surface area contributed by atoms with Crippen LogP contribution in [0, 0.1) is 0 Å². The van der Waals surface area contributed by atoms with Gasteiger partial charge in [0, 0.05) is 0 Å². The van der Waals surface area contributed by atoms with Gasteiger partial charge in [0.05, 0.1) is 5.56 Å². The molecule has 0 saturated carbocycles. The summed E-state index contributed by atoms with van der Waals surface area (Å²) in [6.45, 7) is 4.37. The Labute approximate surface area is 124 Å². The third-order valence-electron chi connectivity index (χ3n) is 3.56. The summed E-state index contributed by atoms with van der Waals surface area (Å²) in [5.41, 5.74) is 7.50. The molecular formula is C17H20N2O2. The Hall–Kier alpha value is -2.49. The predicted octanol–water partition coefficient (Wildman–Crippen LogP) is 4.09. The Morgan fingerprint density at radius 3 is 2.48 bits per heavy atom. The molecule has 0 aromatic heterocycles. The van der Waals surface area contributed by atoms with Crippen LogP contribution in [0.5, 0.6) is 11.5 Å². The summed E-state index contributed by atoms with van der Waals surface area (Å²) in [5, 5.41) is 11.8. The van der Waals surface area contributed by atoms with Crippen LogP contribution in [0.15, 0.2) is 53.7 Å². The average Bonchev–Trinajstić information content (AvgIpc) is 2.54. The van der Waals surface area contributed by atoms with E-state index in [-0.39, 0.29) is 5.84 Å². The van der Waals surface area contributed by atoms with Gasteiger partial charge in [0.2, 0.25) is 0 Å². The summed E-state index contributed by atoms with van der Waals surface area (Å²) >= 11 is 0. The molecule has 0 aliphatic carbocycles. The number of nitrogens with zero attached hydrogens (tertiary/aromatic N) is 1. The minimum atomic E-state index is 0.0295. The highest BCUT2D eigenvalue weighted by Crippen LogP contribution is 2.27. The lowest BCUT2D eigenvalue weighted by molar-refractivity contribution is 0.318. The lowest BCUT2D eigenvalue weighted by Gasteiger charge is -2.12. The average molecular weight is 284 g/mol. The molecule has 0 heterocycles. The van der Waals surface area contributed by atoms with Gasteiger partial charge >= 0.3 is 0 Å². The zero-order chi connectivity index (χ0) is 15.2. The minimum absolute atomic E-state index is 0.0295. The van der Waals surface area contributed by atoms with Crippen LogP contribution in [0.3, 0.4) is 0 Å². The van der Waals surface area contributed by atoms with E-state index in [1.165, 1.54) is 5.56 Å². The summed E-state index contributed by atoms with van der Waals surface area (Å²) in [7, 11) is 0. The Balaban J connectivity index is 2.23. The predicted molar refractivity (Wildman–Crippen MR) is 84.2 cm³/mol. The molecule has 2 aromatic rings. The molecule has 110 valence electrons. The first-order chi connectivity index (χ1) is 10.2. The van der Waals surface area contributed by atoms with Gasteiger partial charge < -0.3 is 15.7 Å². The number of hydrogen-bond acceptors (Lipinski definition) is 3. The van der Waals surface area contributed by atoms with Crippen molar-refractivity contribution in [3.63, 3.8) is 0 Å². The Bertz CT molecular complexity index is 621. The quantitative estimate of drug-likeness (QED) is 0.376. The largest absolute Gasteiger partial charge is 0.457 e. The van der Waals surface area contributed by atoms with E-state index < -0.39 is 0 Å². The van der Waals surface area contributed by atoms with Crippen molar-refractivity contribution in [1.82, 2.24) is 0 Å². The van der Waals surface area contributed by atoms with Gasteiger partial charge in [-0.1, -0.05) is 43.3 Å². The Morgan fingerprint density at radius 1 is 1.19 bits per heavy atom. The SMILES string of the molecule is CCC(C)c1ccc(Oc2ccccc2/C(N)=N/O)cc1. The van der Waals surface area contributed by atoms with E-state index in [9.17, 15) is 0 Å². The highest BCUT2D eigenvalue weighted by Gasteiger charge is 2.09. The van der Waals surface area contributed by atoms with E-state index >= 15 is 0 Å². The highest BCUT2D eigenvalue weighted by atomic mass is 16.5. The van der Waals surface area contributed by atoms with E-state index in [1.54, 1.807) is 12.1 Å². The molecule has 0 fully saturated rings. The lowest BCUT2D eigenvalue weighted by Crippen LogP contribution is -2.14. The van der Waals surface area contributed by atoms with Gasteiger partial charge in [0.25, 0.3) is 0 Å². The maximum atomic E-state index is 8.81. The van der Waals surface area contributed by atoms with E-state index in [1.807, 2.05) is 24.3 Å². The van der Waals surface area contributed by atoms with Gasteiger partial charge in [-0.3, -0.25) is 0 Å². The molecule has 1 atom stereocenters. The van der Waals surface area contributed by atoms with Gasteiger partial charge in [-0.15, -0.1) is 0 Å². The van der Waals surface area contributed by atoms with Crippen molar-refractivity contribution in [2.24, 2.45) is 10.9 Å². The van der Waals surface area contributed by atoms with Crippen LogP contribution in [-0.2, 0) is 0 Å². The summed E-state index contributed by atoms with van der Waals surface area (Å²) in [4.78, 5) is 0. The van der Waals surface area contributed by atoms with Crippen LogP contribution >= 0.6 is 0 Å². The molecule has 4 heteroatoms. The fourth-order valence-electron chi connectivity index (χ4n) is 2.05. The monoisotopic (exact) mass is 284 g/mol. The van der Waals surface area contributed by atoms with Gasteiger partial charge in [0.15, 0.2) is 5.84 Å². The molecule has 0 amide bonds. The summed E-state index contributed by atoms with van der Waals surface area (Å²) in [5.74, 6) is 1.84. The molecule has 0 bridgehead atoms. The smallest absolute Gasteiger partial charge is 0.173 e. The standard InChI is InChI=1S/C17H20N2O2/c1-3-12(2)13-8-10-14(11-9-13)21-16-7-5-4-6-15(16)17(18)19-20/h4-12,20H,3H2,1-2H3,(H2,18,19). The fourth-order valence-corrected chi connectivity index (χ4v) is 2.05. The minimum Gasteiger partial charge on any atom is -0.457 e. The van der Waals surface area contributed by atoms with Gasteiger partial charge in [-0.25, -0.2) is 0 Å². The summed E-state index contributed by atoms with van der Waals surface area (Å²) in [6.07, 6.45) is 1.10. The van der Waals surface area contributed by atoms with Crippen LogP contribution in [-0.4, -0.2) is 11.0 Å². The van der Waals surface area contributed by atoms with E-state index in [2.05, 4.69) is 31.1 Å². The molecule has 0 saturated heterocycles. The maximum absolute atomic E-state index is 8.81. The second-order valence-corrected chi connectivity index (χ2v) is 4.96. The number of amidine groups is 1. The zero-order valence-electron chi connectivity index (χ0n) is 12.3. The Kier molecular flexibility index (Phi) is 4.82. The van der Waals surface area contributed by atoms with Crippen molar-refractivity contribution in [3.05, 3.63) is 59.7 Å². The number of oxime groups is 1. The lowest BCUT2D eigenvalue weighted by atomic mass is 9.99. The number of benzene rings is 2. The van der Waals surface area contributed by atoms with Crippen molar-refractivity contribution in [2.75, 3.05) is 0 Å². The van der Waals surface area contributed by atoms with Gasteiger partial charge in [0.1, 0.15) is 11.5 Å². The highest BCUT2D eigenvalue weighted by molar-refractivity contribution is 5.99. The second-order valence-electron chi connectivity index (χ2n) is 4.96. The summed E-state index contributed by atoms with van der Waals surface area (Å²) < 4.78 is 5.83. The van der Waals surface area contributed by atoms with Crippen LogP contribution < -0.4 is 10.5 Å². The fraction of sp³-hybridized carbons (Fsp3) is 0.235. The maximum Gasteiger partial charge on any atom is 0.173 e. The molecule has 0 aliphatic heterocycles. The molecule has 1 unspecified atom stereocenters. The van der Waals surface area contributed by atoms with Crippen molar-refractivity contribution >= 4 is 5.84 Å². The first-order valence-corrected chi connectivity index (χ1v) is 7.00. The molecule has 0 aliphatic rings. The first-order valence-electron chi connectivity index (χ1n) is 7.00. The number of hydrogen-bond donors (Lipinski definition) is 2. The van der Waals surface area contributed by atoms with Crippen molar-refractivity contribution in [3.8, 4) is 11.5 Å². The van der Waals surface area contributed by atoms with Crippen LogP contribution in [0.4, 0.5) is 0 Å². The third kappa shape index (κ3) is 3.54. The number of ether oxygens (including phenoxy) is 1. The molecule has 3 N–H and O–H groups in total. The van der Waals surface area contributed by atoms with Gasteiger partial charge in [-0.05, 0) is 42.2 Å². The normalized spacial score (nSPS) is 13.0. The summed E-state index contributed by atoms with van der Waals surface area (Å²) in [6, 6.07) is 15.2. The van der Waals surface area contributed by atoms with Crippen LogP contribution in [0.25, 0.3) is 0 Å². The van der Waals surface area contributed by atoms with E-state index in [0.717, 1.165) is 12.2 Å². The zero-order valence-corrected chi connectivity index (χ0v) is 12.3. The van der Waals surface area contributed by atoms with Crippen LogP contribution in [0.1, 0.15) is 37.3 Å². The topological polar surface area (TPSA) is 67.8 Å². The van der Waals surface area contributed by atoms with E-state index in [4.69, 9.17) is 15.7 Å². The van der Waals surface area contributed by atoms with Crippen LogP contribution in [0.2, 0.25) is 0 Å². The molecular weight excluding hydrogens is 264 g/mol. The molecule has 0 spiro atoms. The molecule has 21 heavy (non-hydrogen) atoms. The number of rotatable bonds is 5. The molecule has 0 radical (unpaired) electrons.